The minimum Gasteiger partial charge on any atom is -0.482 e. The van der Waals surface area contributed by atoms with Crippen LogP contribution in [0, 0.1) is 0 Å². The number of para-hydroxylation sites is 1. The molecule has 0 N–H and O–H groups in total. The number of nitrogens with zero attached hydrogens (tertiary/aromatic N) is 2. The second-order valence-corrected chi connectivity index (χ2v) is 3.98. The van der Waals surface area contributed by atoms with Crippen molar-refractivity contribution in [2.24, 2.45) is 0 Å². The van der Waals surface area contributed by atoms with Gasteiger partial charge in [0, 0.05) is 6.42 Å². The molecule has 1 aromatic carbocycles. The Morgan fingerprint density at radius 2 is 2.18 bits per heavy atom. The maximum absolute atomic E-state index is 5.95. The average molecular weight is 253 g/mol. The highest BCUT2D eigenvalue weighted by Crippen LogP contribution is 2.23. The predicted octanol–water partition coefficient (Wildman–Crippen LogP) is 3.25. The van der Waals surface area contributed by atoms with Crippen molar-refractivity contribution in [3.8, 4) is 5.75 Å². The lowest BCUT2D eigenvalue weighted by atomic mass is 10.3. The molecule has 0 unspecified atom stereocenters. The van der Waals surface area contributed by atoms with Crippen LogP contribution >= 0.6 is 11.6 Å². The molecule has 1 aromatic heterocycles. The highest BCUT2D eigenvalue weighted by atomic mass is 35.5. The van der Waals surface area contributed by atoms with Gasteiger partial charge >= 0.3 is 0 Å². The van der Waals surface area contributed by atoms with E-state index in [2.05, 4.69) is 17.1 Å². The zero-order chi connectivity index (χ0) is 12.1. The number of hydrogen-bond donors (Lipinski definition) is 0. The minimum atomic E-state index is 0.237. The van der Waals surface area contributed by atoms with Crippen molar-refractivity contribution in [2.75, 3.05) is 0 Å². The second-order valence-electron chi connectivity index (χ2n) is 3.57. The van der Waals surface area contributed by atoms with E-state index >= 15 is 0 Å². The van der Waals surface area contributed by atoms with E-state index in [9.17, 15) is 0 Å². The van der Waals surface area contributed by atoms with Crippen LogP contribution in [0.4, 0.5) is 0 Å². The molecule has 0 amide bonds. The van der Waals surface area contributed by atoms with Crippen molar-refractivity contribution in [1.29, 1.82) is 0 Å². The number of rotatable bonds is 5. The van der Waals surface area contributed by atoms with Gasteiger partial charge in [-0.3, -0.25) is 0 Å². The smallest absolute Gasteiger partial charge is 0.264 e. The summed E-state index contributed by atoms with van der Waals surface area (Å²) in [5.74, 6) is 1.79. The topological polar surface area (TPSA) is 48.2 Å². The molecule has 0 fully saturated rings. The first kappa shape index (κ1) is 11.9. The third-order valence-electron chi connectivity index (χ3n) is 2.17. The van der Waals surface area contributed by atoms with E-state index in [1.54, 1.807) is 12.1 Å². The largest absolute Gasteiger partial charge is 0.482 e. The first-order valence-electron chi connectivity index (χ1n) is 5.48. The minimum absolute atomic E-state index is 0.237. The van der Waals surface area contributed by atoms with Crippen LogP contribution in [-0.2, 0) is 13.0 Å². The van der Waals surface area contributed by atoms with E-state index in [4.69, 9.17) is 20.9 Å². The predicted molar refractivity (Wildman–Crippen MR) is 64.1 cm³/mol. The molecule has 0 aliphatic rings. The van der Waals surface area contributed by atoms with Crippen molar-refractivity contribution in [3.05, 3.63) is 41.0 Å². The quantitative estimate of drug-likeness (QED) is 0.820. The van der Waals surface area contributed by atoms with Crippen LogP contribution in [0.1, 0.15) is 25.1 Å². The maximum atomic E-state index is 5.95. The van der Waals surface area contributed by atoms with E-state index in [1.807, 2.05) is 12.1 Å². The zero-order valence-corrected chi connectivity index (χ0v) is 10.3. The maximum Gasteiger partial charge on any atom is 0.264 e. The van der Waals surface area contributed by atoms with Gasteiger partial charge in [-0.2, -0.15) is 4.98 Å². The molecule has 0 bridgehead atoms. The van der Waals surface area contributed by atoms with Gasteiger partial charge in [-0.05, 0) is 18.6 Å². The van der Waals surface area contributed by atoms with Crippen LogP contribution < -0.4 is 4.74 Å². The number of ether oxygens (including phenoxy) is 1. The van der Waals surface area contributed by atoms with Gasteiger partial charge in [-0.1, -0.05) is 35.8 Å². The van der Waals surface area contributed by atoms with E-state index in [0.717, 1.165) is 12.8 Å². The van der Waals surface area contributed by atoms with Gasteiger partial charge in [0.05, 0.1) is 5.02 Å². The van der Waals surface area contributed by atoms with Crippen LogP contribution in [0.25, 0.3) is 0 Å². The lowest BCUT2D eigenvalue weighted by molar-refractivity contribution is 0.242. The standard InChI is InChI=1S/C12H13ClN2O2/c1-2-5-11-14-12(17-15-11)8-16-10-7-4-3-6-9(10)13/h3-4,6-7H,2,5,8H2,1H3. The molecule has 0 aliphatic carbocycles. The third kappa shape index (κ3) is 3.20. The molecule has 1 heterocycles. The van der Waals surface area contributed by atoms with Crippen LogP contribution in [0.3, 0.4) is 0 Å². The van der Waals surface area contributed by atoms with Crippen molar-refractivity contribution < 1.29 is 9.26 Å². The Morgan fingerprint density at radius 3 is 2.94 bits per heavy atom. The summed E-state index contributed by atoms with van der Waals surface area (Å²) in [5.41, 5.74) is 0. The van der Waals surface area contributed by atoms with E-state index in [-0.39, 0.29) is 6.61 Å². The lowest BCUT2D eigenvalue weighted by Crippen LogP contribution is -1.96. The summed E-state index contributed by atoms with van der Waals surface area (Å²) in [4.78, 5) is 4.20. The summed E-state index contributed by atoms with van der Waals surface area (Å²) in [6, 6.07) is 7.28. The molecule has 0 saturated carbocycles. The lowest BCUT2D eigenvalue weighted by Gasteiger charge is -2.03. The first-order valence-corrected chi connectivity index (χ1v) is 5.86. The fourth-order valence-corrected chi connectivity index (χ4v) is 1.57. The fourth-order valence-electron chi connectivity index (χ4n) is 1.38. The molecular formula is C12H13ClN2O2. The summed E-state index contributed by atoms with van der Waals surface area (Å²) >= 11 is 5.95. The fraction of sp³-hybridized carbons (Fsp3) is 0.333. The van der Waals surface area contributed by atoms with E-state index in [0.29, 0.717) is 22.5 Å². The summed E-state index contributed by atoms with van der Waals surface area (Å²) in [7, 11) is 0. The Kier molecular flexibility index (Phi) is 3.98. The number of hydrogen-bond acceptors (Lipinski definition) is 4. The van der Waals surface area contributed by atoms with Crippen LogP contribution in [-0.4, -0.2) is 10.1 Å². The third-order valence-corrected chi connectivity index (χ3v) is 2.48. The van der Waals surface area contributed by atoms with E-state index in [1.165, 1.54) is 0 Å². The molecule has 17 heavy (non-hydrogen) atoms. The summed E-state index contributed by atoms with van der Waals surface area (Å²) in [6.45, 7) is 2.30. The highest BCUT2D eigenvalue weighted by Gasteiger charge is 2.07. The molecule has 0 spiro atoms. The summed E-state index contributed by atoms with van der Waals surface area (Å²) in [5, 5.41) is 4.41. The van der Waals surface area contributed by atoms with Gasteiger partial charge in [0.2, 0.25) is 0 Å². The highest BCUT2D eigenvalue weighted by molar-refractivity contribution is 6.32. The zero-order valence-electron chi connectivity index (χ0n) is 9.52. The van der Waals surface area contributed by atoms with Crippen molar-refractivity contribution >= 4 is 11.6 Å². The van der Waals surface area contributed by atoms with Crippen molar-refractivity contribution in [2.45, 2.75) is 26.4 Å². The molecule has 2 aromatic rings. The summed E-state index contributed by atoms with van der Waals surface area (Å²) in [6.07, 6.45) is 1.81. The average Bonchev–Trinajstić information content (AvgIpc) is 2.76. The SMILES string of the molecule is CCCc1noc(COc2ccccc2Cl)n1. The molecule has 0 aliphatic heterocycles. The Bertz CT molecular complexity index is 485. The number of benzene rings is 1. The van der Waals surface area contributed by atoms with Crippen molar-refractivity contribution in [3.63, 3.8) is 0 Å². The molecule has 5 heteroatoms. The molecule has 0 radical (unpaired) electrons. The normalized spacial score (nSPS) is 10.5. The Labute approximate surface area is 105 Å². The van der Waals surface area contributed by atoms with Gasteiger partial charge in [0.15, 0.2) is 12.4 Å². The van der Waals surface area contributed by atoms with E-state index < -0.39 is 0 Å². The van der Waals surface area contributed by atoms with Gasteiger partial charge in [0.25, 0.3) is 5.89 Å². The van der Waals surface area contributed by atoms with Gasteiger partial charge in [-0.25, -0.2) is 0 Å². The molecule has 0 atom stereocenters. The summed E-state index contributed by atoms with van der Waals surface area (Å²) < 4.78 is 10.5. The van der Waals surface area contributed by atoms with Crippen molar-refractivity contribution in [1.82, 2.24) is 10.1 Å². The van der Waals surface area contributed by atoms with Crippen LogP contribution in [0.15, 0.2) is 28.8 Å². The van der Waals surface area contributed by atoms with Crippen LogP contribution in [0.5, 0.6) is 5.75 Å². The molecule has 0 saturated heterocycles. The number of halogens is 1. The molecule has 4 nitrogen and oxygen atoms in total. The van der Waals surface area contributed by atoms with Gasteiger partial charge in [0.1, 0.15) is 5.75 Å². The Balaban J connectivity index is 1.95. The number of aromatic nitrogens is 2. The monoisotopic (exact) mass is 252 g/mol. The Morgan fingerprint density at radius 1 is 1.35 bits per heavy atom. The second kappa shape index (κ2) is 5.68. The first-order chi connectivity index (χ1) is 8.29. The van der Waals surface area contributed by atoms with Gasteiger partial charge < -0.3 is 9.26 Å². The molecular weight excluding hydrogens is 240 g/mol. The Hall–Kier alpha value is -1.55. The molecule has 2 rings (SSSR count). The van der Waals surface area contributed by atoms with Gasteiger partial charge in [-0.15, -0.1) is 0 Å². The van der Waals surface area contributed by atoms with Crippen LogP contribution in [0.2, 0.25) is 5.02 Å². The molecule has 90 valence electrons. The number of aryl methyl sites for hydroxylation is 1.